The molecule has 7 heteroatoms. The molecule has 0 atom stereocenters. The van der Waals surface area contributed by atoms with Gasteiger partial charge in [-0.1, -0.05) is 23.8 Å². The number of benzene rings is 2. The van der Waals surface area contributed by atoms with Gasteiger partial charge in [0.25, 0.3) is 5.69 Å². The van der Waals surface area contributed by atoms with Gasteiger partial charge in [0.05, 0.1) is 16.8 Å². The number of aromatic nitrogens is 1. The van der Waals surface area contributed by atoms with Crippen molar-refractivity contribution in [3.8, 4) is 11.3 Å². The van der Waals surface area contributed by atoms with Gasteiger partial charge < -0.3 is 0 Å². The molecule has 2 aromatic carbocycles. The van der Waals surface area contributed by atoms with Gasteiger partial charge in [-0.25, -0.2) is 4.98 Å². The molecule has 0 saturated carbocycles. The van der Waals surface area contributed by atoms with Crippen molar-refractivity contribution in [2.45, 2.75) is 13.8 Å². The summed E-state index contributed by atoms with van der Waals surface area (Å²) in [6.07, 6.45) is 1.60. The number of nitro benzene ring substituents is 1. The van der Waals surface area contributed by atoms with Crippen LogP contribution in [0.4, 0.5) is 10.8 Å². The quantitative estimate of drug-likeness (QED) is 0.407. The molecule has 126 valence electrons. The molecule has 0 amide bonds. The lowest BCUT2D eigenvalue weighted by molar-refractivity contribution is -0.384. The highest BCUT2D eigenvalue weighted by Gasteiger charge is 2.07. The Kier molecular flexibility index (Phi) is 4.85. The minimum absolute atomic E-state index is 0.0585. The molecular weight excluding hydrogens is 336 g/mol. The average Bonchev–Trinajstić information content (AvgIpc) is 3.04. The third kappa shape index (κ3) is 4.07. The molecule has 0 aliphatic carbocycles. The van der Waals surface area contributed by atoms with E-state index in [1.807, 2.05) is 5.38 Å². The van der Waals surface area contributed by atoms with Crippen LogP contribution in [0.1, 0.15) is 16.7 Å². The fourth-order valence-electron chi connectivity index (χ4n) is 2.39. The van der Waals surface area contributed by atoms with Crippen molar-refractivity contribution < 1.29 is 4.92 Å². The number of anilines is 1. The van der Waals surface area contributed by atoms with Gasteiger partial charge in [0, 0.05) is 23.1 Å². The minimum atomic E-state index is -0.427. The Morgan fingerprint density at radius 1 is 1.20 bits per heavy atom. The standard InChI is InChI=1S/C18H16N4O2S/c1-12-3-8-16(13(2)9-12)17-11-25-18(20-17)21-19-10-14-4-6-15(7-5-14)22(23)24/h3-11H,1-2H3,(H,20,21)/b19-10-. The Labute approximate surface area is 149 Å². The smallest absolute Gasteiger partial charge is 0.258 e. The maximum atomic E-state index is 10.6. The molecule has 0 aliphatic rings. The van der Waals surface area contributed by atoms with Crippen molar-refractivity contribution in [3.63, 3.8) is 0 Å². The van der Waals surface area contributed by atoms with Gasteiger partial charge in [-0.3, -0.25) is 15.5 Å². The molecule has 0 aliphatic heterocycles. The first kappa shape index (κ1) is 16.8. The van der Waals surface area contributed by atoms with Gasteiger partial charge >= 0.3 is 0 Å². The second-order valence-corrected chi connectivity index (χ2v) is 6.43. The average molecular weight is 352 g/mol. The van der Waals surface area contributed by atoms with Crippen LogP contribution >= 0.6 is 11.3 Å². The second kappa shape index (κ2) is 7.23. The van der Waals surface area contributed by atoms with Crippen molar-refractivity contribution in [1.82, 2.24) is 4.98 Å². The third-order valence-corrected chi connectivity index (χ3v) is 4.39. The summed E-state index contributed by atoms with van der Waals surface area (Å²) < 4.78 is 0. The van der Waals surface area contributed by atoms with E-state index in [-0.39, 0.29) is 5.69 Å². The van der Waals surface area contributed by atoms with E-state index in [1.165, 1.54) is 34.6 Å². The Hall–Kier alpha value is -3.06. The molecule has 3 rings (SSSR count). The molecule has 0 radical (unpaired) electrons. The normalized spacial score (nSPS) is 11.0. The van der Waals surface area contributed by atoms with Crippen LogP contribution in [0.2, 0.25) is 0 Å². The number of rotatable bonds is 5. The number of nitrogens with one attached hydrogen (secondary N) is 1. The maximum Gasteiger partial charge on any atom is 0.269 e. The number of thiazole rings is 1. The van der Waals surface area contributed by atoms with Gasteiger partial charge in [0.1, 0.15) is 0 Å². The number of non-ortho nitro benzene ring substituents is 1. The number of hydrazone groups is 1. The lowest BCUT2D eigenvalue weighted by Crippen LogP contribution is -1.92. The Bertz CT molecular complexity index is 933. The third-order valence-electron chi connectivity index (χ3n) is 3.64. The summed E-state index contributed by atoms with van der Waals surface area (Å²) in [4.78, 5) is 14.7. The monoisotopic (exact) mass is 352 g/mol. The van der Waals surface area contributed by atoms with Crippen LogP contribution in [-0.2, 0) is 0 Å². The van der Waals surface area contributed by atoms with E-state index in [0.717, 1.165) is 16.8 Å². The summed E-state index contributed by atoms with van der Waals surface area (Å²) in [5.41, 5.74) is 8.15. The van der Waals surface area contributed by atoms with Crippen molar-refractivity contribution in [3.05, 3.63) is 74.6 Å². The predicted molar refractivity (Wildman–Crippen MR) is 101 cm³/mol. The summed E-state index contributed by atoms with van der Waals surface area (Å²) in [5, 5.41) is 17.4. The van der Waals surface area contributed by atoms with E-state index < -0.39 is 4.92 Å². The first-order valence-electron chi connectivity index (χ1n) is 7.59. The zero-order valence-corrected chi connectivity index (χ0v) is 14.6. The molecule has 0 fully saturated rings. The van der Waals surface area contributed by atoms with E-state index in [2.05, 4.69) is 47.6 Å². The van der Waals surface area contributed by atoms with Crippen LogP contribution in [0.5, 0.6) is 0 Å². The Morgan fingerprint density at radius 2 is 1.96 bits per heavy atom. The van der Waals surface area contributed by atoms with Gasteiger partial charge in [-0.15, -0.1) is 11.3 Å². The molecule has 1 N–H and O–H groups in total. The van der Waals surface area contributed by atoms with E-state index in [9.17, 15) is 10.1 Å². The Morgan fingerprint density at radius 3 is 2.64 bits per heavy atom. The topological polar surface area (TPSA) is 80.4 Å². The van der Waals surface area contributed by atoms with Crippen LogP contribution in [0, 0.1) is 24.0 Å². The highest BCUT2D eigenvalue weighted by Crippen LogP contribution is 2.27. The fourth-order valence-corrected chi connectivity index (χ4v) is 3.05. The van der Waals surface area contributed by atoms with E-state index in [0.29, 0.717) is 5.13 Å². The highest BCUT2D eigenvalue weighted by atomic mass is 32.1. The maximum absolute atomic E-state index is 10.6. The number of nitrogens with zero attached hydrogens (tertiary/aromatic N) is 3. The molecule has 0 saturated heterocycles. The number of hydrogen-bond acceptors (Lipinski definition) is 6. The highest BCUT2D eigenvalue weighted by molar-refractivity contribution is 7.14. The van der Waals surface area contributed by atoms with Crippen LogP contribution in [0.3, 0.4) is 0 Å². The van der Waals surface area contributed by atoms with Crippen LogP contribution in [-0.4, -0.2) is 16.1 Å². The van der Waals surface area contributed by atoms with E-state index in [4.69, 9.17) is 0 Å². The van der Waals surface area contributed by atoms with E-state index >= 15 is 0 Å². The zero-order valence-electron chi connectivity index (χ0n) is 13.8. The molecule has 0 unspecified atom stereocenters. The summed E-state index contributed by atoms with van der Waals surface area (Å²) >= 11 is 1.47. The number of nitro groups is 1. The minimum Gasteiger partial charge on any atom is -0.258 e. The number of aryl methyl sites for hydroxylation is 2. The van der Waals surface area contributed by atoms with Crippen molar-refractivity contribution >= 4 is 28.4 Å². The molecular formula is C18H16N4O2S. The number of hydrogen-bond donors (Lipinski definition) is 1. The summed E-state index contributed by atoms with van der Waals surface area (Å²) in [6.45, 7) is 4.14. The SMILES string of the molecule is Cc1ccc(-c2csc(N/N=C\c3ccc([N+](=O)[O-])cc3)n2)c(C)c1. The second-order valence-electron chi connectivity index (χ2n) is 5.57. The Balaban J connectivity index is 1.68. The van der Waals surface area contributed by atoms with Crippen LogP contribution < -0.4 is 5.43 Å². The van der Waals surface area contributed by atoms with Gasteiger partial charge in [0.2, 0.25) is 5.13 Å². The first-order valence-corrected chi connectivity index (χ1v) is 8.47. The lowest BCUT2D eigenvalue weighted by Gasteiger charge is -2.03. The van der Waals surface area contributed by atoms with Gasteiger partial charge in [-0.05, 0) is 37.1 Å². The first-order chi connectivity index (χ1) is 12.0. The van der Waals surface area contributed by atoms with Gasteiger partial charge in [0.15, 0.2) is 0 Å². The van der Waals surface area contributed by atoms with Crippen LogP contribution in [0.15, 0.2) is 52.9 Å². The molecule has 3 aromatic rings. The van der Waals surface area contributed by atoms with Crippen LogP contribution in [0.25, 0.3) is 11.3 Å². The van der Waals surface area contributed by atoms with E-state index in [1.54, 1.807) is 18.3 Å². The van der Waals surface area contributed by atoms with Crippen molar-refractivity contribution in [2.75, 3.05) is 5.43 Å². The summed E-state index contributed by atoms with van der Waals surface area (Å²) in [6, 6.07) is 12.5. The molecule has 0 spiro atoms. The molecule has 1 aromatic heterocycles. The van der Waals surface area contributed by atoms with Crippen molar-refractivity contribution in [2.24, 2.45) is 5.10 Å². The zero-order chi connectivity index (χ0) is 17.8. The fraction of sp³-hybridized carbons (Fsp3) is 0.111. The largest absolute Gasteiger partial charge is 0.269 e. The summed E-state index contributed by atoms with van der Waals surface area (Å²) in [5.74, 6) is 0. The van der Waals surface area contributed by atoms with Crippen molar-refractivity contribution in [1.29, 1.82) is 0 Å². The summed E-state index contributed by atoms with van der Waals surface area (Å²) in [7, 11) is 0. The molecule has 25 heavy (non-hydrogen) atoms. The predicted octanol–water partition coefficient (Wildman–Crippen LogP) is 4.78. The molecule has 0 bridgehead atoms. The molecule has 1 heterocycles. The van der Waals surface area contributed by atoms with Gasteiger partial charge in [-0.2, -0.15) is 5.10 Å². The molecule has 6 nitrogen and oxygen atoms in total. The lowest BCUT2D eigenvalue weighted by atomic mass is 10.0.